The fourth-order valence-electron chi connectivity index (χ4n) is 6.50. The fraction of sp³-hybridized carbons (Fsp3) is 0.536. The number of likely N-dealkylation sites (tertiary alicyclic amines) is 1. The van der Waals surface area contributed by atoms with E-state index in [1.54, 1.807) is 31.1 Å². The molecule has 9 nitrogen and oxygen atoms in total. The number of aromatic amines is 1. The second-order valence-corrected chi connectivity index (χ2v) is 10.8. The number of aromatic nitrogens is 1. The number of carbonyl (C=O) groups is 3. The van der Waals surface area contributed by atoms with Crippen LogP contribution in [0.5, 0.6) is 0 Å². The van der Waals surface area contributed by atoms with E-state index in [0.717, 1.165) is 43.1 Å². The van der Waals surface area contributed by atoms with E-state index < -0.39 is 18.1 Å². The SMILES string of the molecule is CNC(C)C(=O)NC(C(=O)N1C=CC2C1C(c1c[nH]c3cc(F)ccc13)CN2CC(=O)O)C1CCCCC1. The van der Waals surface area contributed by atoms with Gasteiger partial charge in [-0.2, -0.15) is 0 Å². The first-order chi connectivity index (χ1) is 18.3. The van der Waals surface area contributed by atoms with Crippen LogP contribution in [0.3, 0.4) is 0 Å². The number of hydrogen-bond donors (Lipinski definition) is 4. The third-order valence-corrected chi connectivity index (χ3v) is 8.56. The molecule has 0 radical (unpaired) electrons. The van der Waals surface area contributed by atoms with Gasteiger partial charge in [0.05, 0.1) is 24.7 Å². The number of rotatable bonds is 8. The summed E-state index contributed by atoms with van der Waals surface area (Å²) in [6.45, 7) is 2.06. The van der Waals surface area contributed by atoms with Gasteiger partial charge in [-0.05, 0) is 62.6 Å². The highest BCUT2D eigenvalue weighted by Crippen LogP contribution is 2.42. The van der Waals surface area contributed by atoms with Gasteiger partial charge in [-0.25, -0.2) is 4.39 Å². The molecule has 2 amide bonds. The quantitative estimate of drug-likeness (QED) is 0.421. The number of H-pyrrole nitrogens is 1. The Balaban J connectivity index is 1.48. The van der Waals surface area contributed by atoms with Crippen LogP contribution in [0.15, 0.2) is 36.7 Å². The first kappa shape index (κ1) is 26.4. The number of carboxylic acids is 1. The van der Waals surface area contributed by atoms with Crippen molar-refractivity contribution in [3.8, 4) is 0 Å². The average molecular weight is 526 g/mol. The first-order valence-electron chi connectivity index (χ1n) is 13.5. The minimum absolute atomic E-state index is 0.0442. The predicted octanol–water partition coefficient (Wildman–Crippen LogP) is 2.56. The molecule has 5 unspecified atom stereocenters. The molecule has 3 heterocycles. The Bertz CT molecular complexity index is 1240. The topological polar surface area (TPSA) is 118 Å². The third kappa shape index (κ3) is 4.94. The summed E-state index contributed by atoms with van der Waals surface area (Å²) < 4.78 is 13.9. The molecule has 1 saturated carbocycles. The molecule has 5 atom stereocenters. The number of carboxylic acid groups (broad SMARTS) is 1. The monoisotopic (exact) mass is 525 g/mol. The van der Waals surface area contributed by atoms with Crippen LogP contribution < -0.4 is 10.6 Å². The van der Waals surface area contributed by atoms with Crippen molar-refractivity contribution in [3.63, 3.8) is 0 Å². The highest BCUT2D eigenvalue weighted by molar-refractivity contribution is 5.91. The van der Waals surface area contributed by atoms with Gasteiger partial charge in [0.15, 0.2) is 0 Å². The first-order valence-corrected chi connectivity index (χ1v) is 13.5. The Kier molecular flexibility index (Phi) is 7.54. The number of nitrogens with one attached hydrogen (secondary N) is 3. The number of likely N-dealkylation sites (N-methyl/N-ethyl adjacent to an activating group) is 1. The summed E-state index contributed by atoms with van der Waals surface area (Å²) in [4.78, 5) is 45.6. The Hall–Kier alpha value is -3.24. The average Bonchev–Trinajstić information content (AvgIpc) is 3.61. The van der Waals surface area contributed by atoms with Crippen molar-refractivity contribution in [2.75, 3.05) is 20.1 Å². The predicted molar refractivity (Wildman–Crippen MR) is 141 cm³/mol. The number of halogens is 1. The van der Waals surface area contributed by atoms with E-state index in [4.69, 9.17) is 0 Å². The lowest BCUT2D eigenvalue weighted by atomic mass is 9.82. The summed E-state index contributed by atoms with van der Waals surface area (Å²) in [5.74, 6) is -1.81. The van der Waals surface area contributed by atoms with Crippen LogP contribution in [0.1, 0.15) is 50.5 Å². The normalized spacial score (nSPS) is 25.4. The molecule has 5 rings (SSSR count). The summed E-state index contributed by atoms with van der Waals surface area (Å²) in [6, 6.07) is 2.87. The van der Waals surface area contributed by atoms with Gasteiger partial charge in [-0.1, -0.05) is 19.3 Å². The van der Waals surface area contributed by atoms with E-state index in [9.17, 15) is 23.9 Å². The van der Waals surface area contributed by atoms with Crippen molar-refractivity contribution in [3.05, 3.63) is 48.1 Å². The number of amides is 2. The van der Waals surface area contributed by atoms with Crippen molar-refractivity contribution < 1.29 is 23.9 Å². The summed E-state index contributed by atoms with van der Waals surface area (Å²) in [7, 11) is 1.71. The molecule has 4 N–H and O–H groups in total. The lowest BCUT2D eigenvalue weighted by Gasteiger charge is -2.36. The smallest absolute Gasteiger partial charge is 0.317 e. The van der Waals surface area contributed by atoms with Crippen molar-refractivity contribution in [2.24, 2.45) is 5.92 Å². The molecule has 1 aromatic carbocycles. The molecule has 10 heteroatoms. The molecular weight excluding hydrogens is 489 g/mol. The third-order valence-electron chi connectivity index (χ3n) is 8.56. The van der Waals surface area contributed by atoms with E-state index in [1.165, 1.54) is 12.1 Å². The maximum atomic E-state index is 14.2. The van der Waals surface area contributed by atoms with Gasteiger partial charge >= 0.3 is 5.97 Å². The molecular formula is C28H36FN5O4. The van der Waals surface area contributed by atoms with Crippen LogP contribution in [0.25, 0.3) is 10.9 Å². The molecule has 1 saturated heterocycles. The molecule has 0 bridgehead atoms. The maximum Gasteiger partial charge on any atom is 0.317 e. The standard InChI is InChI=1S/C28H36FN5O4/c1-16(30-2)27(37)32-25(17-6-4-3-5-7-17)28(38)34-11-10-23-26(34)21(14-33(23)15-24(35)36)20-13-31-22-12-18(29)8-9-19(20)22/h8-13,16-17,21,23,25-26,30-31H,3-7,14-15H2,1-2H3,(H,32,37)(H,35,36). The molecule has 1 aliphatic carbocycles. The number of carbonyl (C=O) groups excluding carboxylic acids is 2. The van der Waals surface area contributed by atoms with Crippen molar-refractivity contribution in [1.29, 1.82) is 0 Å². The van der Waals surface area contributed by atoms with Crippen LogP contribution in [-0.4, -0.2) is 82.0 Å². The maximum absolute atomic E-state index is 14.2. The molecule has 2 aromatic rings. The Morgan fingerprint density at radius 3 is 2.68 bits per heavy atom. The molecule has 1 aromatic heterocycles. The minimum atomic E-state index is -0.933. The highest BCUT2D eigenvalue weighted by Gasteiger charge is 2.50. The van der Waals surface area contributed by atoms with Gasteiger partial charge < -0.3 is 25.6 Å². The van der Waals surface area contributed by atoms with E-state index in [2.05, 4.69) is 15.6 Å². The van der Waals surface area contributed by atoms with Crippen LogP contribution in [-0.2, 0) is 14.4 Å². The van der Waals surface area contributed by atoms with E-state index in [1.807, 2.05) is 17.2 Å². The van der Waals surface area contributed by atoms with E-state index in [-0.39, 0.29) is 48.1 Å². The molecule has 0 spiro atoms. The molecule has 2 fully saturated rings. The Morgan fingerprint density at radius 1 is 1.21 bits per heavy atom. The zero-order chi connectivity index (χ0) is 27.0. The van der Waals surface area contributed by atoms with Gasteiger partial charge in [0, 0.05) is 35.8 Å². The fourth-order valence-corrected chi connectivity index (χ4v) is 6.50. The number of nitrogens with zero attached hydrogens (tertiary/aromatic N) is 2. The van der Waals surface area contributed by atoms with E-state index >= 15 is 0 Å². The van der Waals surface area contributed by atoms with Crippen LogP contribution >= 0.6 is 0 Å². The summed E-state index contributed by atoms with van der Waals surface area (Å²) in [6.07, 6.45) is 10.4. The number of hydrogen-bond acceptors (Lipinski definition) is 5. The lowest BCUT2D eigenvalue weighted by Crippen LogP contribution is -2.56. The van der Waals surface area contributed by atoms with Gasteiger partial charge in [-0.15, -0.1) is 0 Å². The van der Waals surface area contributed by atoms with Crippen LogP contribution in [0.2, 0.25) is 0 Å². The Labute approximate surface area is 221 Å². The zero-order valence-electron chi connectivity index (χ0n) is 21.8. The lowest BCUT2D eigenvalue weighted by molar-refractivity contribution is -0.138. The molecule has 38 heavy (non-hydrogen) atoms. The second kappa shape index (κ2) is 10.9. The number of aliphatic carboxylic acids is 1. The zero-order valence-corrected chi connectivity index (χ0v) is 21.8. The van der Waals surface area contributed by atoms with E-state index in [0.29, 0.717) is 12.1 Å². The summed E-state index contributed by atoms with van der Waals surface area (Å²) in [5.41, 5.74) is 1.58. The van der Waals surface area contributed by atoms with Gasteiger partial charge in [-0.3, -0.25) is 19.3 Å². The van der Waals surface area contributed by atoms with Crippen LogP contribution in [0.4, 0.5) is 4.39 Å². The largest absolute Gasteiger partial charge is 0.480 e. The molecule has 204 valence electrons. The van der Waals surface area contributed by atoms with Crippen LogP contribution in [0, 0.1) is 11.7 Å². The minimum Gasteiger partial charge on any atom is -0.480 e. The van der Waals surface area contributed by atoms with Gasteiger partial charge in [0.1, 0.15) is 11.9 Å². The number of fused-ring (bicyclic) bond motifs is 2. The van der Waals surface area contributed by atoms with Crippen molar-refractivity contribution >= 4 is 28.7 Å². The number of benzene rings is 1. The van der Waals surface area contributed by atoms with Gasteiger partial charge in [0.25, 0.3) is 0 Å². The van der Waals surface area contributed by atoms with Gasteiger partial charge in [0.2, 0.25) is 11.8 Å². The Morgan fingerprint density at radius 2 is 1.97 bits per heavy atom. The molecule has 2 aliphatic heterocycles. The van der Waals surface area contributed by atoms with Crippen molar-refractivity contribution in [1.82, 2.24) is 25.4 Å². The summed E-state index contributed by atoms with van der Waals surface area (Å²) >= 11 is 0. The summed E-state index contributed by atoms with van der Waals surface area (Å²) in [5, 5.41) is 16.4. The molecule has 3 aliphatic rings. The highest BCUT2D eigenvalue weighted by atomic mass is 19.1. The second-order valence-electron chi connectivity index (χ2n) is 10.8. The van der Waals surface area contributed by atoms with Crippen molar-refractivity contribution in [2.45, 2.75) is 69.1 Å².